The molecule has 1 spiro atoms. The van der Waals surface area contributed by atoms with Crippen LogP contribution in [0.5, 0.6) is 0 Å². The number of nitrogens with zero attached hydrogens (tertiary/aromatic N) is 2. The molecule has 7 heteroatoms. The van der Waals surface area contributed by atoms with Gasteiger partial charge in [-0.25, -0.2) is 4.79 Å². The molecule has 1 aliphatic heterocycles. The average Bonchev–Trinajstić information content (AvgIpc) is 3.41. The summed E-state index contributed by atoms with van der Waals surface area (Å²) < 4.78 is 5.47. The number of rotatable bonds is 5. The number of imide groups is 1. The van der Waals surface area contributed by atoms with E-state index in [-0.39, 0.29) is 24.9 Å². The van der Waals surface area contributed by atoms with Gasteiger partial charge in [0.15, 0.2) is 0 Å². The van der Waals surface area contributed by atoms with Crippen LogP contribution in [0.3, 0.4) is 0 Å². The van der Waals surface area contributed by atoms with Crippen LogP contribution in [0.15, 0.2) is 58.9 Å². The lowest BCUT2D eigenvalue weighted by Gasteiger charge is -2.33. The van der Waals surface area contributed by atoms with Crippen molar-refractivity contribution < 1.29 is 18.8 Å². The summed E-state index contributed by atoms with van der Waals surface area (Å²) in [6.45, 7) is 0.00191. The van der Waals surface area contributed by atoms with E-state index in [4.69, 9.17) is 4.42 Å². The molecule has 2 aromatic rings. The molecule has 1 N–H and O–H groups in total. The minimum atomic E-state index is -1.07. The molecular weight excluding hydrogens is 406 g/mol. The highest BCUT2D eigenvalue weighted by atomic mass is 16.3. The molecule has 32 heavy (non-hydrogen) atoms. The van der Waals surface area contributed by atoms with Gasteiger partial charge < -0.3 is 14.6 Å². The van der Waals surface area contributed by atoms with Crippen molar-refractivity contribution in [1.82, 2.24) is 15.1 Å². The quantitative estimate of drug-likeness (QED) is 0.726. The number of aryl methyl sites for hydroxylation is 1. The summed E-state index contributed by atoms with van der Waals surface area (Å²) in [6, 6.07) is 10.9. The molecule has 0 saturated carbocycles. The highest BCUT2D eigenvalue weighted by Gasteiger charge is 2.54. The third-order valence-electron chi connectivity index (χ3n) is 6.75. The fourth-order valence-corrected chi connectivity index (χ4v) is 5.15. The minimum absolute atomic E-state index is 0.279. The first-order valence-corrected chi connectivity index (χ1v) is 11.3. The van der Waals surface area contributed by atoms with Crippen LogP contribution in [0.25, 0.3) is 0 Å². The molecular formula is C25H27N3O4. The number of amides is 4. The molecule has 166 valence electrons. The highest BCUT2D eigenvalue weighted by Crippen LogP contribution is 2.40. The van der Waals surface area contributed by atoms with Crippen molar-refractivity contribution in [3.63, 3.8) is 0 Å². The van der Waals surface area contributed by atoms with Crippen LogP contribution in [-0.2, 0) is 28.1 Å². The molecule has 2 heterocycles. The van der Waals surface area contributed by atoms with E-state index >= 15 is 0 Å². The zero-order valence-corrected chi connectivity index (χ0v) is 18.0. The number of hydrogen-bond donors (Lipinski definition) is 1. The molecule has 4 amide bonds. The Morgan fingerprint density at radius 1 is 1.09 bits per heavy atom. The Kier molecular flexibility index (Phi) is 5.33. The molecule has 7 nitrogen and oxygen atoms in total. The van der Waals surface area contributed by atoms with Gasteiger partial charge in [0.1, 0.15) is 17.8 Å². The highest BCUT2D eigenvalue weighted by molar-refractivity contribution is 6.09. The second-order valence-electron chi connectivity index (χ2n) is 8.74. The van der Waals surface area contributed by atoms with Crippen LogP contribution >= 0.6 is 0 Å². The first kappa shape index (κ1) is 20.5. The predicted octanol–water partition coefficient (Wildman–Crippen LogP) is 3.85. The van der Waals surface area contributed by atoms with Crippen molar-refractivity contribution >= 4 is 17.8 Å². The van der Waals surface area contributed by atoms with Crippen LogP contribution in [-0.4, -0.2) is 34.2 Å². The van der Waals surface area contributed by atoms with Crippen LogP contribution in [0.2, 0.25) is 0 Å². The van der Waals surface area contributed by atoms with Gasteiger partial charge in [0, 0.05) is 5.70 Å². The molecule has 0 bridgehead atoms. The van der Waals surface area contributed by atoms with Crippen molar-refractivity contribution in [3.8, 4) is 0 Å². The summed E-state index contributed by atoms with van der Waals surface area (Å²) in [7, 11) is 0. The lowest BCUT2D eigenvalue weighted by molar-refractivity contribution is -0.139. The number of fused-ring (bicyclic) bond motifs is 2. The Hall–Kier alpha value is -3.35. The van der Waals surface area contributed by atoms with E-state index in [2.05, 4.69) is 11.4 Å². The molecule has 1 fully saturated rings. The van der Waals surface area contributed by atoms with Crippen molar-refractivity contribution in [2.24, 2.45) is 0 Å². The number of hydrogen-bond acceptors (Lipinski definition) is 4. The van der Waals surface area contributed by atoms with E-state index in [9.17, 15) is 14.4 Å². The van der Waals surface area contributed by atoms with Gasteiger partial charge in [-0.3, -0.25) is 14.5 Å². The zero-order valence-electron chi connectivity index (χ0n) is 18.0. The summed E-state index contributed by atoms with van der Waals surface area (Å²) in [5.41, 5.74) is 1.79. The van der Waals surface area contributed by atoms with Gasteiger partial charge in [-0.05, 0) is 68.2 Å². The summed E-state index contributed by atoms with van der Waals surface area (Å²) in [4.78, 5) is 42.6. The normalized spacial score (nSPS) is 22.5. The number of carbonyl (C=O) groups is 3. The van der Waals surface area contributed by atoms with E-state index in [1.54, 1.807) is 17.2 Å². The minimum Gasteiger partial charge on any atom is -0.467 e. The van der Waals surface area contributed by atoms with Gasteiger partial charge >= 0.3 is 6.03 Å². The van der Waals surface area contributed by atoms with Gasteiger partial charge in [-0.1, -0.05) is 30.3 Å². The monoisotopic (exact) mass is 433 g/mol. The van der Waals surface area contributed by atoms with Gasteiger partial charge in [-0.15, -0.1) is 0 Å². The second kappa shape index (κ2) is 8.30. The molecule has 1 aromatic carbocycles. The predicted molar refractivity (Wildman–Crippen MR) is 117 cm³/mol. The van der Waals surface area contributed by atoms with E-state index in [0.29, 0.717) is 12.2 Å². The van der Waals surface area contributed by atoms with E-state index in [0.717, 1.165) is 60.2 Å². The van der Waals surface area contributed by atoms with E-state index < -0.39 is 11.6 Å². The van der Waals surface area contributed by atoms with Crippen molar-refractivity contribution in [1.29, 1.82) is 0 Å². The third-order valence-corrected chi connectivity index (χ3v) is 6.75. The second-order valence-corrected chi connectivity index (χ2v) is 8.74. The average molecular weight is 434 g/mol. The van der Waals surface area contributed by atoms with Gasteiger partial charge in [0.25, 0.3) is 5.91 Å². The molecule has 0 radical (unpaired) electrons. The molecule has 3 aliphatic rings. The van der Waals surface area contributed by atoms with Gasteiger partial charge in [-0.2, -0.15) is 0 Å². The number of nitrogens with one attached hydrogen (secondary N) is 1. The van der Waals surface area contributed by atoms with E-state index in [1.165, 1.54) is 0 Å². The third kappa shape index (κ3) is 3.51. The maximum Gasteiger partial charge on any atom is 0.325 e. The Morgan fingerprint density at radius 2 is 1.97 bits per heavy atom. The Labute approximate surface area is 187 Å². The molecule has 1 aromatic heterocycles. The SMILES string of the molecule is O=C(CN1C(=O)N[C@@]2(CCCc3ccccc32)C1=O)N(Cc1ccco1)C1=CCCCC1. The fraction of sp³-hybridized carbons (Fsp3) is 0.400. The van der Waals surface area contributed by atoms with E-state index in [1.807, 2.05) is 30.3 Å². The van der Waals surface area contributed by atoms with Crippen molar-refractivity contribution in [2.45, 2.75) is 57.0 Å². The number of furan rings is 1. The largest absolute Gasteiger partial charge is 0.467 e. The number of urea groups is 1. The number of benzene rings is 1. The molecule has 2 aliphatic carbocycles. The van der Waals surface area contributed by atoms with Crippen LogP contribution in [0, 0.1) is 0 Å². The molecule has 5 rings (SSSR count). The van der Waals surface area contributed by atoms with Crippen molar-refractivity contribution in [2.75, 3.05) is 6.54 Å². The first-order chi connectivity index (χ1) is 15.6. The van der Waals surface area contributed by atoms with Crippen LogP contribution in [0.4, 0.5) is 4.79 Å². The first-order valence-electron chi connectivity index (χ1n) is 11.3. The standard InChI is InChI=1S/C25H27N3O4/c29-22(27(16-20-12-7-15-32-20)19-10-2-1-3-11-19)17-28-23(30)25(26-24(28)31)14-6-9-18-8-4-5-13-21(18)25/h4-5,7-8,10,12-13,15H,1-3,6,9,11,14,16-17H2,(H,26,31)/t25-/m1/s1. The lowest BCUT2D eigenvalue weighted by Crippen LogP contribution is -2.47. The topological polar surface area (TPSA) is 82.9 Å². The smallest absolute Gasteiger partial charge is 0.325 e. The fourth-order valence-electron chi connectivity index (χ4n) is 5.15. The number of carbonyl (C=O) groups excluding carboxylic acids is 3. The summed E-state index contributed by atoms with van der Waals surface area (Å²) >= 11 is 0. The molecule has 0 unspecified atom stereocenters. The summed E-state index contributed by atoms with van der Waals surface area (Å²) in [6.07, 6.45) is 9.71. The maximum absolute atomic E-state index is 13.5. The molecule has 1 saturated heterocycles. The zero-order chi connectivity index (χ0) is 22.1. The lowest BCUT2D eigenvalue weighted by atomic mass is 9.76. The maximum atomic E-state index is 13.5. The summed E-state index contributed by atoms with van der Waals surface area (Å²) in [5.74, 6) is 0.0532. The van der Waals surface area contributed by atoms with Crippen LogP contribution < -0.4 is 5.32 Å². The van der Waals surface area contributed by atoms with Crippen LogP contribution in [0.1, 0.15) is 55.4 Å². The number of allylic oxidation sites excluding steroid dienone is 2. The van der Waals surface area contributed by atoms with Gasteiger partial charge in [0.05, 0.1) is 12.8 Å². The Bertz CT molecular complexity index is 1070. The van der Waals surface area contributed by atoms with Crippen molar-refractivity contribution in [3.05, 3.63) is 71.3 Å². The molecule has 1 atom stereocenters. The Balaban J connectivity index is 1.40. The summed E-state index contributed by atoms with van der Waals surface area (Å²) in [5, 5.41) is 2.93. The Morgan fingerprint density at radius 3 is 2.75 bits per heavy atom. The van der Waals surface area contributed by atoms with Gasteiger partial charge in [0.2, 0.25) is 5.91 Å².